The molecule has 0 aliphatic carbocycles. The molecular formula is C15H17BF3N. The van der Waals surface area contributed by atoms with Gasteiger partial charge in [0, 0.05) is 18.2 Å². The van der Waals surface area contributed by atoms with E-state index in [1.165, 1.54) is 12.1 Å². The van der Waals surface area contributed by atoms with Crippen LogP contribution in [0, 0.1) is 0 Å². The van der Waals surface area contributed by atoms with Crippen molar-refractivity contribution < 1.29 is 13.2 Å². The first-order valence-electron chi connectivity index (χ1n) is 6.56. The summed E-state index contributed by atoms with van der Waals surface area (Å²) in [5.41, 5.74) is 2.35. The second kappa shape index (κ2) is 5.39. The van der Waals surface area contributed by atoms with E-state index in [4.69, 9.17) is 0 Å². The molecule has 0 aromatic heterocycles. The average Bonchev–Trinajstić information content (AvgIpc) is 2.67. The maximum Gasteiger partial charge on any atom is 0.416 e. The van der Waals surface area contributed by atoms with Crippen LogP contribution in [-0.4, -0.2) is 19.3 Å². The molecule has 2 rings (SSSR count). The molecule has 0 fully saturated rings. The van der Waals surface area contributed by atoms with Crippen LogP contribution in [-0.2, 0) is 6.18 Å². The lowest BCUT2D eigenvalue weighted by Gasteiger charge is -2.17. The minimum atomic E-state index is -4.29. The van der Waals surface area contributed by atoms with Gasteiger partial charge in [-0.15, -0.1) is 0 Å². The molecule has 0 saturated carbocycles. The molecule has 0 saturated heterocycles. The largest absolute Gasteiger partial charge is 0.424 e. The third kappa shape index (κ3) is 2.76. The predicted octanol–water partition coefficient (Wildman–Crippen LogP) is 3.50. The SMILES string of the molecule is BN1CC(c2cccc(C(F)(F)F)c2)C(/C=C\C)=C1C. The van der Waals surface area contributed by atoms with Crippen molar-refractivity contribution in [3.8, 4) is 0 Å². The van der Waals surface area contributed by atoms with Crippen molar-refractivity contribution in [3.05, 3.63) is 58.8 Å². The lowest BCUT2D eigenvalue weighted by Crippen LogP contribution is -2.16. The summed E-state index contributed by atoms with van der Waals surface area (Å²) in [6.07, 6.45) is -0.373. The zero-order valence-electron chi connectivity index (χ0n) is 11.8. The van der Waals surface area contributed by atoms with E-state index in [0.717, 1.165) is 22.9 Å². The van der Waals surface area contributed by atoms with Crippen LogP contribution in [0.3, 0.4) is 0 Å². The third-order valence-electron chi connectivity index (χ3n) is 3.78. The maximum absolute atomic E-state index is 12.8. The predicted molar refractivity (Wildman–Crippen MR) is 76.9 cm³/mol. The van der Waals surface area contributed by atoms with E-state index in [1.807, 2.05) is 34.0 Å². The molecule has 1 atom stereocenters. The number of rotatable bonds is 2. The second-order valence-electron chi connectivity index (χ2n) is 5.10. The third-order valence-corrected chi connectivity index (χ3v) is 3.78. The molecule has 0 amide bonds. The van der Waals surface area contributed by atoms with Crippen molar-refractivity contribution in [2.24, 2.45) is 0 Å². The highest BCUT2D eigenvalue weighted by Gasteiger charge is 2.32. The fourth-order valence-electron chi connectivity index (χ4n) is 2.61. The van der Waals surface area contributed by atoms with Gasteiger partial charge in [-0.3, -0.25) is 0 Å². The Labute approximate surface area is 118 Å². The molecule has 106 valence electrons. The van der Waals surface area contributed by atoms with Crippen LogP contribution in [0.2, 0.25) is 0 Å². The Balaban J connectivity index is 2.42. The first-order chi connectivity index (χ1) is 9.34. The van der Waals surface area contributed by atoms with Crippen molar-refractivity contribution in [2.75, 3.05) is 6.54 Å². The number of halogens is 3. The van der Waals surface area contributed by atoms with Gasteiger partial charge in [0.25, 0.3) is 0 Å². The second-order valence-corrected chi connectivity index (χ2v) is 5.10. The van der Waals surface area contributed by atoms with Crippen LogP contribution in [0.15, 0.2) is 47.7 Å². The molecule has 0 bridgehead atoms. The fourth-order valence-corrected chi connectivity index (χ4v) is 2.61. The summed E-state index contributed by atoms with van der Waals surface area (Å²) in [4.78, 5) is 2.08. The molecule has 20 heavy (non-hydrogen) atoms. The number of hydrogen-bond donors (Lipinski definition) is 0. The molecule has 0 spiro atoms. The number of nitrogens with zero attached hydrogens (tertiary/aromatic N) is 1. The monoisotopic (exact) mass is 279 g/mol. The van der Waals surface area contributed by atoms with Crippen LogP contribution in [0.25, 0.3) is 0 Å². The molecule has 1 aliphatic heterocycles. The number of allylic oxidation sites excluding steroid dienone is 3. The Bertz CT molecular complexity index is 560. The zero-order valence-corrected chi connectivity index (χ0v) is 11.8. The van der Waals surface area contributed by atoms with Crippen LogP contribution < -0.4 is 0 Å². The van der Waals surface area contributed by atoms with Gasteiger partial charge in [0.05, 0.1) is 5.56 Å². The lowest BCUT2D eigenvalue weighted by atomic mass is 9.91. The Kier molecular flexibility index (Phi) is 3.98. The van der Waals surface area contributed by atoms with Gasteiger partial charge in [0.1, 0.15) is 0 Å². The minimum absolute atomic E-state index is 0.00139. The number of hydrogen-bond acceptors (Lipinski definition) is 1. The summed E-state index contributed by atoms with van der Waals surface area (Å²) in [6.45, 7) is 4.64. The maximum atomic E-state index is 12.8. The lowest BCUT2D eigenvalue weighted by molar-refractivity contribution is -0.137. The Morgan fingerprint density at radius 2 is 2.05 bits per heavy atom. The van der Waals surface area contributed by atoms with E-state index in [0.29, 0.717) is 6.54 Å². The quantitative estimate of drug-likeness (QED) is 0.749. The van der Waals surface area contributed by atoms with Crippen molar-refractivity contribution in [3.63, 3.8) is 0 Å². The summed E-state index contributed by atoms with van der Waals surface area (Å²) in [6, 6.07) is 5.64. The summed E-state index contributed by atoms with van der Waals surface area (Å²) < 4.78 is 38.5. The highest BCUT2D eigenvalue weighted by molar-refractivity contribution is 6.06. The van der Waals surface area contributed by atoms with Gasteiger partial charge in [-0.2, -0.15) is 13.2 Å². The van der Waals surface area contributed by atoms with E-state index in [-0.39, 0.29) is 5.92 Å². The Hall–Kier alpha value is -1.65. The highest BCUT2D eigenvalue weighted by atomic mass is 19.4. The summed E-state index contributed by atoms with van der Waals surface area (Å²) in [5.74, 6) is -0.00139. The molecular weight excluding hydrogens is 262 g/mol. The van der Waals surface area contributed by atoms with Gasteiger partial charge in [0.2, 0.25) is 7.98 Å². The molecule has 1 aliphatic rings. The summed E-state index contributed by atoms with van der Waals surface area (Å²) in [7, 11) is 1.96. The van der Waals surface area contributed by atoms with Crippen LogP contribution in [0.5, 0.6) is 0 Å². The molecule has 0 N–H and O–H groups in total. The van der Waals surface area contributed by atoms with Crippen LogP contribution in [0.4, 0.5) is 13.2 Å². The van der Waals surface area contributed by atoms with E-state index < -0.39 is 11.7 Å². The minimum Gasteiger partial charge on any atom is -0.424 e. The smallest absolute Gasteiger partial charge is 0.416 e. The first-order valence-corrected chi connectivity index (χ1v) is 6.56. The fraction of sp³-hybridized carbons (Fsp3) is 0.333. The normalized spacial score (nSPS) is 20.2. The van der Waals surface area contributed by atoms with E-state index in [9.17, 15) is 13.2 Å². The molecule has 1 heterocycles. The standard InChI is InChI=1S/C15H17BF3N/c1-3-5-13-10(2)20(16)9-14(13)11-6-4-7-12(8-11)15(17,18)19/h3-8,14H,9,16H2,1-2H3/b5-3-. The molecule has 5 heteroatoms. The van der Waals surface area contributed by atoms with Gasteiger partial charge >= 0.3 is 6.18 Å². The van der Waals surface area contributed by atoms with Crippen LogP contribution >= 0.6 is 0 Å². The summed E-state index contributed by atoms with van der Waals surface area (Å²) in [5, 5.41) is 0. The van der Waals surface area contributed by atoms with Gasteiger partial charge in [-0.1, -0.05) is 30.4 Å². The van der Waals surface area contributed by atoms with E-state index in [1.54, 1.807) is 6.07 Å². The first kappa shape index (κ1) is 14.8. The molecule has 0 radical (unpaired) electrons. The van der Waals surface area contributed by atoms with Crippen molar-refractivity contribution in [1.82, 2.24) is 4.81 Å². The van der Waals surface area contributed by atoms with E-state index >= 15 is 0 Å². The van der Waals surface area contributed by atoms with Gasteiger partial charge in [0.15, 0.2) is 0 Å². The number of benzene rings is 1. The van der Waals surface area contributed by atoms with E-state index in [2.05, 4.69) is 4.81 Å². The van der Waals surface area contributed by atoms with Gasteiger partial charge < -0.3 is 4.81 Å². The van der Waals surface area contributed by atoms with Crippen molar-refractivity contribution >= 4 is 7.98 Å². The Morgan fingerprint density at radius 1 is 1.35 bits per heavy atom. The van der Waals surface area contributed by atoms with Crippen molar-refractivity contribution in [1.29, 1.82) is 0 Å². The Morgan fingerprint density at radius 3 is 2.65 bits per heavy atom. The van der Waals surface area contributed by atoms with Gasteiger partial charge in [-0.05, 0) is 31.1 Å². The molecule has 1 aromatic rings. The zero-order chi connectivity index (χ0) is 14.9. The van der Waals surface area contributed by atoms with Crippen LogP contribution in [0.1, 0.15) is 30.9 Å². The number of alkyl halides is 3. The molecule has 1 nitrogen and oxygen atoms in total. The van der Waals surface area contributed by atoms with Gasteiger partial charge in [-0.25, -0.2) is 0 Å². The highest BCUT2D eigenvalue weighted by Crippen LogP contribution is 2.38. The van der Waals surface area contributed by atoms with Crippen molar-refractivity contribution in [2.45, 2.75) is 25.9 Å². The average molecular weight is 279 g/mol. The molecule has 1 unspecified atom stereocenters. The summed E-state index contributed by atoms with van der Waals surface area (Å²) >= 11 is 0. The molecule has 1 aromatic carbocycles. The topological polar surface area (TPSA) is 3.24 Å².